The first kappa shape index (κ1) is 16.3. The van der Waals surface area contributed by atoms with Crippen LogP contribution in [0.1, 0.15) is 24.1 Å². The van der Waals surface area contributed by atoms with Gasteiger partial charge in [-0.25, -0.2) is 4.98 Å². The number of likely N-dealkylation sites (tertiary alicyclic amines) is 1. The van der Waals surface area contributed by atoms with Crippen LogP contribution in [0.15, 0.2) is 59.8 Å². The molecular formula is C21H22N4O2. The maximum atomic E-state index is 13.6. The number of carbonyl (C=O) groups is 1. The summed E-state index contributed by atoms with van der Waals surface area (Å²) in [5.41, 5.74) is 3.71. The van der Waals surface area contributed by atoms with Crippen molar-refractivity contribution in [2.75, 3.05) is 18.0 Å². The smallest absolute Gasteiger partial charge is 0.242 e. The van der Waals surface area contributed by atoms with E-state index < -0.39 is 5.41 Å². The maximum Gasteiger partial charge on any atom is 0.242 e. The standard InChI is InChI=1S/C21H22N4O2/c1-23-15-22-12-17(23)13-24-9-7-21(8-10-24)18-4-2-3-5-19(18)25(20(21)26)16-6-11-27-14-16/h2-6,11-12,14-15H,7-10,13H2,1H3. The first-order valence-electron chi connectivity index (χ1n) is 9.33. The average molecular weight is 362 g/mol. The lowest BCUT2D eigenvalue weighted by molar-refractivity contribution is -0.124. The van der Waals surface area contributed by atoms with Gasteiger partial charge >= 0.3 is 0 Å². The summed E-state index contributed by atoms with van der Waals surface area (Å²) >= 11 is 0. The summed E-state index contributed by atoms with van der Waals surface area (Å²) in [5.74, 6) is 0.172. The number of imidazole rings is 1. The monoisotopic (exact) mass is 362 g/mol. The van der Waals surface area contributed by atoms with Crippen LogP contribution in [0.4, 0.5) is 11.4 Å². The highest BCUT2D eigenvalue weighted by molar-refractivity contribution is 6.12. The molecular weight excluding hydrogens is 340 g/mol. The van der Waals surface area contributed by atoms with Crippen LogP contribution in [-0.2, 0) is 23.8 Å². The summed E-state index contributed by atoms with van der Waals surface area (Å²) in [6, 6.07) is 10.0. The number of piperidine rings is 1. The number of furan rings is 1. The number of hydrogen-bond donors (Lipinski definition) is 0. The molecule has 0 unspecified atom stereocenters. The molecule has 2 aromatic heterocycles. The van der Waals surface area contributed by atoms with Crippen LogP contribution < -0.4 is 4.90 Å². The topological polar surface area (TPSA) is 54.5 Å². The van der Waals surface area contributed by atoms with Crippen molar-refractivity contribution < 1.29 is 9.21 Å². The van der Waals surface area contributed by atoms with E-state index in [1.54, 1.807) is 12.5 Å². The van der Waals surface area contributed by atoms with E-state index in [1.165, 1.54) is 5.69 Å². The van der Waals surface area contributed by atoms with E-state index in [2.05, 4.69) is 20.5 Å². The lowest BCUT2D eigenvalue weighted by atomic mass is 9.73. The fourth-order valence-corrected chi connectivity index (χ4v) is 4.49. The van der Waals surface area contributed by atoms with Gasteiger partial charge in [-0.3, -0.25) is 14.6 Å². The highest BCUT2D eigenvalue weighted by atomic mass is 16.3. The number of amides is 1. The minimum absolute atomic E-state index is 0.172. The molecule has 1 amide bonds. The molecule has 0 radical (unpaired) electrons. The molecule has 1 spiro atoms. The third-order valence-corrected chi connectivity index (χ3v) is 6.05. The van der Waals surface area contributed by atoms with Gasteiger partial charge in [-0.15, -0.1) is 0 Å². The van der Waals surface area contributed by atoms with E-state index >= 15 is 0 Å². The van der Waals surface area contributed by atoms with Crippen LogP contribution >= 0.6 is 0 Å². The van der Waals surface area contributed by atoms with Crippen LogP contribution in [-0.4, -0.2) is 33.4 Å². The molecule has 138 valence electrons. The van der Waals surface area contributed by atoms with Crippen molar-refractivity contribution in [2.45, 2.75) is 24.8 Å². The molecule has 0 aliphatic carbocycles. The van der Waals surface area contributed by atoms with Crippen molar-refractivity contribution in [3.05, 3.63) is 66.6 Å². The summed E-state index contributed by atoms with van der Waals surface area (Å²) in [5, 5.41) is 0. The molecule has 6 nitrogen and oxygen atoms in total. The van der Waals surface area contributed by atoms with Crippen LogP contribution in [0.5, 0.6) is 0 Å². The minimum Gasteiger partial charge on any atom is -0.470 e. The third kappa shape index (κ3) is 2.44. The van der Waals surface area contributed by atoms with Gasteiger partial charge in [-0.2, -0.15) is 0 Å². The van der Waals surface area contributed by atoms with Crippen molar-refractivity contribution in [3.8, 4) is 0 Å². The first-order valence-corrected chi connectivity index (χ1v) is 9.33. The number of carbonyl (C=O) groups excluding carboxylic acids is 1. The molecule has 27 heavy (non-hydrogen) atoms. The number of anilines is 2. The summed E-state index contributed by atoms with van der Waals surface area (Å²) in [6.45, 7) is 2.66. The van der Waals surface area contributed by atoms with E-state index in [4.69, 9.17) is 4.42 Å². The Balaban J connectivity index is 1.43. The molecule has 1 fully saturated rings. The zero-order valence-electron chi connectivity index (χ0n) is 15.3. The Morgan fingerprint density at radius 3 is 2.70 bits per heavy atom. The van der Waals surface area contributed by atoms with Gasteiger partial charge in [0.15, 0.2) is 0 Å². The lowest BCUT2D eigenvalue weighted by Crippen LogP contribution is -2.47. The van der Waals surface area contributed by atoms with Crippen LogP contribution in [0.2, 0.25) is 0 Å². The Hall–Kier alpha value is -2.86. The molecule has 1 aromatic carbocycles. The highest BCUT2D eigenvalue weighted by Crippen LogP contribution is 2.50. The van der Waals surface area contributed by atoms with E-state index in [0.717, 1.165) is 49.4 Å². The average Bonchev–Trinajstić information content (AvgIpc) is 3.40. The Morgan fingerprint density at radius 2 is 2.00 bits per heavy atom. The predicted octanol–water partition coefficient (Wildman–Crippen LogP) is 3.23. The SMILES string of the molecule is Cn1cncc1CN1CCC2(CC1)C(=O)N(c1ccoc1)c1ccccc12. The predicted molar refractivity (Wildman–Crippen MR) is 102 cm³/mol. The normalized spacial score (nSPS) is 19.0. The third-order valence-electron chi connectivity index (χ3n) is 6.05. The second-order valence-electron chi connectivity index (χ2n) is 7.49. The number of aromatic nitrogens is 2. The Morgan fingerprint density at radius 1 is 1.19 bits per heavy atom. The van der Waals surface area contributed by atoms with Crippen molar-refractivity contribution in [1.82, 2.24) is 14.5 Å². The molecule has 4 heterocycles. The number of hydrogen-bond acceptors (Lipinski definition) is 4. The summed E-state index contributed by atoms with van der Waals surface area (Å²) in [7, 11) is 2.02. The largest absolute Gasteiger partial charge is 0.470 e. The van der Waals surface area contributed by atoms with Gasteiger partial charge in [0, 0.05) is 25.9 Å². The van der Waals surface area contributed by atoms with Gasteiger partial charge in [-0.1, -0.05) is 18.2 Å². The second kappa shape index (κ2) is 6.09. The number of nitrogens with zero attached hydrogens (tertiary/aromatic N) is 4. The number of benzene rings is 1. The van der Waals surface area contributed by atoms with Crippen molar-refractivity contribution >= 4 is 17.3 Å². The molecule has 0 bridgehead atoms. The van der Waals surface area contributed by atoms with Gasteiger partial charge < -0.3 is 8.98 Å². The zero-order chi connectivity index (χ0) is 18.4. The maximum absolute atomic E-state index is 13.6. The number of aryl methyl sites for hydroxylation is 1. The molecule has 3 aromatic rings. The van der Waals surface area contributed by atoms with Gasteiger partial charge in [0.05, 0.1) is 35.1 Å². The fraction of sp³-hybridized carbons (Fsp3) is 0.333. The van der Waals surface area contributed by atoms with Gasteiger partial charge in [0.25, 0.3) is 0 Å². The van der Waals surface area contributed by atoms with E-state index in [0.29, 0.717) is 0 Å². The number of rotatable bonds is 3. The first-order chi connectivity index (χ1) is 13.2. The van der Waals surface area contributed by atoms with Crippen LogP contribution in [0, 0.1) is 0 Å². The summed E-state index contributed by atoms with van der Waals surface area (Å²) in [4.78, 5) is 22.0. The van der Waals surface area contributed by atoms with Crippen LogP contribution in [0.3, 0.4) is 0 Å². The van der Waals surface area contributed by atoms with E-state index in [9.17, 15) is 4.79 Å². The van der Waals surface area contributed by atoms with Crippen molar-refractivity contribution in [2.24, 2.45) is 7.05 Å². The fourth-order valence-electron chi connectivity index (χ4n) is 4.49. The Bertz CT molecular complexity index is 968. The zero-order valence-corrected chi connectivity index (χ0v) is 15.3. The van der Waals surface area contributed by atoms with Gasteiger partial charge in [-0.05, 0) is 37.6 Å². The quantitative estimate of drug-likeness (QED) is 0.718. The number of para-hydroxylation sites is 1. The van der Waals surface area contributed by atoms with Gasteiger partial charge in [0.1, 0.15) is 6.26 Å². The second-order valence-corrected chi connectivity index (χ2v) is 7.49. The Kier molecular flexibility index (Phi) is 3.68. The molecule has 5 rings (SSSR count). The Labute approximate surface area is 158 Å². The molecule has 0 saturated carbocycles. The van der Waals surface area contributed by atoms with E-state index in [-0.39, 0.29) is 5.91 Å². The molecule has 6 heteroatoms. The van der Waals surface area contributed by atoms with Crippen molar-refractivity contribution in [3.63, 3.8) is 0 Å². The summed E-state index contributed by atoms with van der Waals surface area (Å²) in [6.07, 6.45) is 8.67. The lowest BCUT2D eigenvalue weighted by Gasteiger charge is -2.38. The summed E-state index contributed by atoms with van der Waals surface area (Å²) < 4.78 is 7.30. The number of fused-ring (bicyclic) bond motifs is 2. The van der Waals surface area contributed by atoms with Crippen molar-refractivity contribution in [1.29, 1.82) is 0 Å². The molecule has 0 atom stereocenters. The highest BCUT2D eigenvalue weighted by Gasteiger charge is 2.52. The molecule has 2 aliphatic heterocycles. The minimum atomic E-state index is -0.434. The molecule has 1 saturated heterocycles. The van der Waals surface area contributed by atoms with Gasteiger partial charge in [0.2, 0.25) is 5.91 Å². The molecule has 2 aliphatic rings. The van der Waals surface area contributed by atoms with E-state index in [1.807, 2.05) is 48.7 Å². The molecule has 0 N–H and O–H groups in total. The van der Waals surface area contributed by atoms with Crippen LogP contribution in [0.25, 0.3) is 0 Å².